The molecule has 1 heterocycles. The predicted molar refractivity (Wildman–Crippen MR) is 118 cm³/mol. The van der Waals surface area contributed by atoms with Gasteiger partial charge in [-0.1, -0.05) is 26.0 Å². The van der Waals surface area contributed by atoms with E-state index in [9.17, 15) is 5.11 Å². The summed E-state index contributed by atoms with van der Waals surface area (Å²) in [7, 11) is 0. The van der Waals surface area contributed by atoms with E-state index < -0.39 is 0 Å². The number of aryl methyl sites for hydroxylation is 1. The molecule has 1 aromatic heterocycles. The highest BCUT2D eigenvalue weighted by atomic mass is 16.3. The Hall–Kier alpha value is -1.23. The van der Waals surface area contributed by atoms with Crippen molar-refractivity contribution in [2.45, 2.75) is 97.1 Å². The van der Waals surface area contributed by atoms with Crippen LogP contribution in [-0.4, -0.2) is 30.9 Å². The fourth-order valence-corrected chi connectivity index (χ4v) is 8.64. The Labute approximate surface area is 181 Å². The van der Waals surface area contributed by atoms with Crippen molar-refractivity contribution in [1.29, 1.82) is 0 Å². The van der Waals surface area contributed by atoms with Gasteiger partial charge in [0.25, 0.3) is 0 Å². The van der Waals surface area contributed by atoms with Crippen molar-refractivity contribution in [2.75, 3.05) is 0 Å². The second kappa shape index (κ2) is 7.43. The highest BCUT2D eigenvalue weighted by Gasteiger charge is 2.57. The Morgan fingerprint density at radius 1 is 1.10 bits per heavy atom. The standard InChI is InChI=1S/C25H40N4O/c1-5-25(30)13-11-19-18(14-25)6-7-21-20(19)10-12-24(4)22(8-9-23(21)24)16(2)15-29-27-17(3)26-28-29/h18-23,30H,2,5-15H2,1,3-4H3/t18-,19-,20+,21+,22+,23-,24+,25+/m0/s1. The third-order valence-corrected chi connectivity index (χ3v) is 10.2. The quantitative estimate of drug-likeness (QED) is 0.711. The molecule has 8 atom stereocenters. The number of aliphatic hydroxyl groups is 1. The molecule has 166 valence electrons. The molecule has 0 aliphatic heterocycles. The van der Waals surface area contributed by atoms with Crippen LogP contribution in [0.1, 0.15) is 83.9 Å². The van der Waals surface area contributed by atoms with E-state index in [-0.39, 0.29) is 5.60 Å². The number of nitrogens with zero attached hydrogens (tertiary/aromatic N) is 4. The third-order valence-electron chi connectivity index (χ3n) is 10.2. The molecule has 5 heteroatoms. The van der Waals surface area contributed by atoms with Crippen molar-refractivity contribution in [3.05, 3.63) is 18.0 Å². The number of tetrazole rings is 1. The number of hydrogen-bond donors (Lipinski definition) is 1. The zero-order valence-electron chi connectivity index (χ0n) is 19.2. The van der Waals surface area contributed by atoms with Crippen LogP contribution in [0.3, 0.4) is 0 Å². The molecule has 0 spiro atoms. The summed E-state index contributed by atoms with van der Waals surface area (Å²) < 4.78 is 0. The van der Waals surface area contributed by atoms with Gasteiger partial charge >= 0.3 is 0 Å². The van der Waals surface area contributed by atoms with Crippen LogP contribution in [-0.2, 0) is 6.54 Å². The molecule has 0 aromatic carbocycles. The van der Waals surface area contributed by atoms with E-state index in [1.54, 1.807) is 4.80 Å². The molecule has 5 nitrogen and oxygen atoms in total. The summed E-state index contributed by atoms with van der Waals surface area (Å²) in [6.07, 6.45) is 12.4. The van der Waals surface area contributed by atoms with Gasteiger partial charge < -0.3 is 5.11 Å². The average Bonchev–Trinajstić information content (AvgIpc) is 3.29. The summed E-state index contributed by atoms with van der Waals surface area (Å²) in [5, 5.41) is 23.5. The molecular formula is C25H40N4O. The van der Waals surface area contributed by atoms with Crippen molar-refractivity contribution in [3.8, 4) is 0 Å². The van der Waals surface area contributed by atoms with Crippen LogP contribution < -0.4 is 0 Å². The molecular weight excluding hydrogens is 372 g/mol. The summed E-state index contributed by atoms with van der Waals surface area (Å²) in [5.74, 6) is 5.59. The van der Waals surface area contributed by atoms with E-state index in [2.05, 4.69) is 35.8 Å². The minimum atomic E-state index is -0.374. The Kier molecular flexibility index (Phi) is 5.11. The Morgan fingerprint density at radius 3 is 2.63 bits per heavy atom. The zero-order valence-corrected chi connectivity index (χ0v) is 19.2. The number of hydrogen-bond acceptors (Lipinski definition) is 4. The number of allylic oxidation sites excluding steroid dienone is 1. The lowest BCUT2D eigenvalue weighted by Gasteiger charge is -2.57. The minimum Gasteiger partial charge on any atom is -0.390 e. The molecule has 30 heavy (non-hydrogen) atoms. The molecule has 0 bridgehead atoms. The van der Waals surface area contributed by atoms with E-state index >= 15 is 0 Å². The topological polar surface area (TPSA) is 63.8 Å². The SMILES string of the molecule is C=C(Cn1nnc(C)n1)[C@H]1CC[C@H]2[C@@H]3CC[C@H]4C[C@@](O)(CC)CC[C@@H]4[C@H]3CC[C@]12C. The number of rotatable bonds is 4. The number of aromatic nitrogens is 4. The minimum absolute atomic E-state index is 0.374. The van der Waals surface area contributed by atoms with Crippen LogP contribution in [0.2, 0.25) is 0 Å². The van der Waals surface area contributed by atoms with E-state index in [0.29, 0.717) is 17.9 Å². The summed E-state index contributed by atoms with van der Waals surface area (Å²) >= 11 is 0. The fraction of sp³-hybridized carbons (Fsp3) is 0.880. The summed E-state index contributed by atoms with van der Waals surface area (Å²) in [5.41, 5.74) is 1.32. The summed E-state index contributed by atoms with van der Waals surface area (Å²) in [6.45, 7) is 11.9. The second-order valence-electron chi connectivity index (χ2n) is 11.5. The van der Waals surface area contributed by atoms with Gasteiger partial charge in [0.1, 0.15) is 0 Å². The van der Waals surface area contributed by atoms with Crippen LogP contribution in [0.15, 0.2) is 12.2 Å². The molecule has 4 aliphatic carbocycles. The normalized spacial score (nSPS) is 45.5. The highest BCUT2D eigenvalue weighted by molar-refractivity contribution is 5.15. The first-order valence-electron chi connectivity index (χ1n) is 12.5. The molecule has 0 saturated heterocycles. The molecule has 1 aromatic rings. The first-order chi connectivity index (χ1) is 14.3. The largest absolute Gasteiger partial charge is 0.390 e. The summed E-state index contributed by atoms with van der Waals surface area (Å²) in [6, 6.07) is 0. The fourth-order valence-electron chi connectivity index (χ4n) is 8.64. The van der Waals surface area contributed by atoms with Crippen molar-refractivity contribution in [2.24, 2.45) is 40.9 Å². The van der Waals surface area contributed by atoms with E-state index in [0.717, 1.165) is 54.7 Å². The lowest BCUT2D eigenvalue weighted by molar-refractivity contribution is -0.105. The van der Waals surface area contributed by atoms with Crippen molar-refractivity contribution < 1.29 is 5.11 Å². The summed E-state index contributed by atoms with van der Waals surface area (Å²) in [4.78, 5) is 1.72. The molecule has 5 rings (SSSR count). The Balaban J connectivity index is 1.30. The molecule has 4 aliphatic rings. The number of fused-ring (bicyclic) bond motifs is 5. The van der Waals surface area contributed by atoms with Gasteiger partial charge in [-0.25, -0.2) is 0 Å². The lowest BCUT2D eigenvalue weighted by Crippen LogP contribution is -2.51. The van der Waals surface area contributed by atoms with Gasteiger partial charge in [0.05, 0.1) is 12.1 Å². The van der Waals surface area contributed by atoms with Crippen LogP contribution in [0.5, 0.6) is 0 Å². The first kappa shape index (κ1) is 20.7. The van der Waals surface area contributed by atoms with E-state index in [1.807, 2.05) is 6.92 Å². The van der Waals surface area contributed by atoms with E-state index in [1.165, 1.54) is 50.5 Å². The molecule has 0 radical (unpaired) electrons. The van der Waals surface area contributed by atoms with Crippen molar-refractivity contribution in [1.82, 2.24) is 20.2 Å². The van der Waals surface area contributed by atoms with Gasteiger partial charge in [-0.05, 0) is 117 Å². The van der Waals surface area contributed by atoms with Crippen LogP contribution in [0.25, 0.3) is 0 Å². The predicted octanol–water partition coefficient (Wildman–Crippen LogP) is 4.95. The molecule has 4 saturated carbocycles. The van der Waals surface area contributed by atoms with Crippen LogP contribution in [0.4, 0.5) is 0 Å². The van der Waals surface area contributed by atoms with Crippen LogP contribution >= 0.6 is 0 Å². The first-order valence-corrected chi connectivity index (χ1v) is 12.5. The van der Waals surface area contributed by atoms with Gasteiger partial charge in [0, 0.05) is 0 Å². The van der Waals surface area contributed by atoms with Gasteiger partial charge in [0.15, 0.2) is 5.82 Å². The average molecular weight is 413 g/mol. The van der Waals surface area contributed by atoms with Crippen molar-refractivity contribution in [3.63, 3.8) is 0 Å². The lowest BCUT2D eigenvalue weighted by atomic mass is 9.48. The van der Waals surface area contributed by atoms with Gasteiger partial charge in [-0.2, -0.15) is 4.80 Å². The molecule has 0 unspecified atom stereocenters. The molecule has 4 fully saturated rings. The maximum absolute atomic E-state index is 10.9. The highest BCUT2D eigenvalue weighted by Crippen LogP contribution is 2.65. The van der Waals surface area contributed by atoms with Crippen LogP contribution in [0, 0.1) is 47.8 Å². The monoisotopic (exact) mass is 412 g/mol. The van der Waals surface area contributed by atoms with Gasteiger partial charge in [-0.15, -0.1) is 10.2 Å². The smallest absolute Gasteiger partial charge is 0.171 e. The van der Waals surface area contributed by atoms with Gasteiger partial charge in [0.2, 0.25) is 0 Å². The zero-order chi connectivity index (χ0) is 21.1. The second-order valence-corrected chi connectivity index (χ2v) is 11.5. The maximum Gasteiger partial charge on any atom is 0.171 e. The maximum atomic E-state index is 10.9. The Morgan fingerprint density at radius 2 is 1.90 bits per heavy atom. The van der Waals surface area contributed by atoms with Crippen molar-refractivity contribution >= 4 is 0 Å². The molecule has 1 N–H and O–H groups in total. The van der Waals surface area contributed by atoms with Gasteiger partial charge in [-0.3, -0.25) is 0 Å². The third kappa shape index (κ3) is 3.27. The van der Waals surface area contributed by atoms with E-state index in [4.69, 9.17) is 0 Å². The molecule has 0 amide bonds. The Bertz CT molecular complexity index is 805.